The molecule has 0 radical (unpaired) electrons. The SMILES string of the molecule is CC(C)c1cccc2c1oc1c(-c3ncnc4cc(C5CCCC5)ccc34)cccc12. The van der Waals surface area contributed by atoms with Crippen LogP contribution in [0.15, 0.2) is 65.3 Å². The van der Waals surface area contributed by atoms with Crippen LogP contribution in [-0.2, 0) is 0 Å². The Morgan fingerprint density at radius 2 is 1.61 bits per heavy atom. The van der Waals surface area contributed by atoms with Gasteiger partial charge in [-0.05, 0) is 47.9 Å². The molecule has 0 saturated heterocycles. The summed E-state index contributed by atoms with van der Waals surface area (Å²) in [6, 6.07) is 19.6. The topological polar surface area (TPSA) is 38.9 Å². The lowest BCUT2D eigenvalue weighted by Crippen LogP contribution is -1.95. The van der Waals surface area contributed by atoms with Crippen molar-refractivity contribution in [1.29, 1.82) is 0 Å². The van der Waals surface area contributed by atoms with E-state index >= 15 is 0 Å². The number of hydrogen-bond donors (Lipinski definition) is 0. The van der Waals surface area contributed by atoms with Crippen LogP contribution in [0.4, 0.5) is 0 Å². The lowest BCUT2D eigenvalue weighted by molar-refractivity contribution is 0.658. The van der Waals surface area contributed by atoms with E-state index in [1.54, 1.807) is 6.33 Å². The van der Waals surface area contributed by atoms with Crippen LogP contribution in [0, 0.1) is 0 Å². The molecule has 0 spiro atoms. The molecule has 5 aromatic rings. The van der Waals surface area contributed by atoms with Gasteiger partial charge in [0.25, 0.3) is 0 Å². The molecular weight excluding hydrogens is 380 g/mol. The second-order valence-electron chi connectivity index (χ2n) is 9.14. The molecule has 1 fully saturated rings. The van der Waals surface area contributed by atoms with Gasteiger partial charge in [0.2, 0.25) is 0 Å². The minimum Gasteiger partial charge on any atom is -0.455 e. The Balaban J connectivity index is 1.58. The van der Waals surface area contributed by atoms with Gasteiger partial charge in [0.05, 0.1) is 11.2 Å². The van der Waals surface area contributed by atoms with Gasteiger partial charge in [-0.25, -0.2) is 9.97 Å². The first kappa shape index (κ1) is 18.6. The number of nitrogens with zero attached hydrogens (tertiary/aromatic N) is 2. The third-order valence-electron chi connectivity index (χ3n) is 6.92. The molecule has 2 heterocycles. The van der Waals surface area contributed by atoms with E-state index in [1.165, 1.54) is 42.2 Å². The molecule has 3 heteroatoms. The highest BCUT2D eigenvalue weighted by atomic mass is 16.3. The summed E-state index contributed by atoms with van der Waals surface area (Å²) in [5.74, 6) is 1.08. The van der Waals surface area contributed by atoms with Gasteiger partial charge >= 0.3 is 0 Å². The van der Waals surface area contributed by atoms with Crippen LogP contribution in [0.25, 0.3) is 44.1 Å². The van der Waals surface area contributed by atoms with Crippen LogP contribution in [0.3, 0.4) is 0 Å². The van der Waals surface area contributed by atoms with E-state index in [2.05, 4.69) is 73.4 Å². The van der Waals surface area contributed by atoms with Gasteiger partial charge in [0.1, 0.15) is 17.5 Å². The molecule has 0 amide bonds. The summed E-state index contributed by atoms with van der Waals surface area (Å²) in [5.41, 5.74) is 7.55. The fraction of sp³-hybridized carbons (Fsp3) is 0.286. The molecule has 6 rings (SSSR count). The summed E-state index contributed by atoms with van der Waals surface area (Å²) in [6.07, 6.45) is 6.95. The fourth-order valence-corrected chi connectivity index (χ4v) is 5.28. The first-order valence-electron chi connectivity index (χ1n) is 11.4. The first-order valence-corrected chi connectivity index (χ1v) is 11.4. The Hall–Kier alpha value is -3.20. The summed E-state index contributed by atoms with van der Waals surface area (Å²) in [5, 5.41) is 3.40. The summed E-state index contributed by atoms with van der Waals surface area (Å²) < 4.78 is 6.52. The zero-order chi connectivity index (χ0) is 20.9. The molecule has 0 aliphatic heterocycles. The smallest absolute Gasteiger partial charge is 0.144 e. The van der Waals surface area contributed by atoms with E-state index in [4.69, 9.17) is 9.40 Å². The van der Waals surface area contributed by atoms with Crippen molar-refractivity contribution in [1.82, 2.24) is 9.97 Å². The van der Waals surface area contributed by atoms with E-state index in [0.717, 1.165) is 38.7 Å². The number of aromatic nitrogens is 2. The molecule has 1 aliphatic rings. The molecular formula is C28H26N2O. The van der Waals surface area contributed by atoms with Crippen molar-refractivity contribution >= 4 is 32.8 Å². The van der Waals surface area contributed by atoms with Crippen LogP contribution in [0.1, 0.15) is 62.5 Å². The van der Waals surface area contributed by atoms with Crippen LogP contribution in [-0.4, -0.2) is 9.97 Å². The van der Waals surface area contributed by atoms with E-state index in [1.807, 2.05) is 0 Å². The Morgan fingerprint density at radius 1 is 0.839 bits per heavy atom. The van der Waals surface area contributed by atoms with Crippen LogP contribution in [0.5, 0.6) is 0 Å². The minimum absolute atomic E-state index is 0.404. The van der Waals surface area contributed by atoms with Gasteiger partial charge in [0, 0.05) is 21.7 Å². The fourth-order valence-electron chi connectivity index (χ4n) is 5.28. The average molecular weight is 407 g/mol. The van der Waals surface area contributed by atoms with Crippen LogP contribution >= 0.6 is 0 Å². The molecule has 0 N–H and O–H groups in total. The van der Waals surface area contributed by atoms with Gasteiger partial charge in [-0.3, -0.25) is 0 Å². The molecule has 3 nitrogen and oxygen atoms in total. The van der Waals surface area contributed by atoms with Gasteiger partial charge in [-0.2, -0.15) is 0 Å². The second-order valence-corrected chi connectivity index (χ2v) is 9.14. The molecule has 0 unspecified atom stereocenters. The Kier molecular flexibility index (Phi) is 4.31. The highest BCUT2D eigenvalue weighted by molar-refractivity contribution is 6.11. The summed E-state index contributed by atoms with van der Waals surface area (Å²) >= 11 is 0. The van der Waals surface area contributed by atoms with Crippen LogP contribution in [0.2, 0.25) is 0 Å². The van der Waals surface area contributed by atoms with Gasteiger partial charge < -0.3 is 4.42 Å². The Bertz CT molecular complexity index is 1420. The first-order chi connectivity index (χ1) is 15.2. The average Bonchev–Trinajstić information content (AvgIpc) is 3.46. The quantitative estimate of drug-likeness (QED) is 0.305. The molecule has 154 valence electrons. The van der Waals surface area contributed by atoms with Crippen molar-refractivity contribution in [3.8, 4) is 11.3 Å². The Morgan fingerprint density at radius 3 is 2.42 bits per heavy atom. The van der Waals surface area contributed by atoms with Crippen molar-refractivity contribution in [3.05, 3.63) is 72.1 Å². The zero-order valence-corrected chi connectivity index (χ0v) is 18.1. The lowest BCUT2D eigenvalue weighted by Gasteiger charge is -2.11. The number of rotatable bonds is 3. The van der Waals surface area contributed by atoms with Gasteiger partial charge in [0.15, 0.2) is 0 Å². The molecule has 0 bridgehead atoms. The summed E-state index contributed by atoms with van der Waals surface area (Å²) in [7, 11) is 0. The number of hydrogen-bond acceptors (Lipinski definition) is 3. The van der Waals surface area contributed by atoms with E-state index in [-0.39, 0.29) is 0 Å². The molecule has 3 aromatic carbocycles. The summed E-state index contributed by atoms with van der Waals surface area (Å²) in [4.78, 5) is 9.33. The van der Waals surface area contributed by atoms with E-state index in [9.17, 15) is 0 Å². The maximum atomic E-state index is 6.52. The number of para-hydroxylation sites is 2. The van der Waals surface area contributed by atoms with E-state index in [0.29, 0.717) is 11.8 Å². The second kappa shape index (κ2) is 7.19. The maximum absolute atomic E-state index is 6.52. The molecule has 1 saturated carbocycles. The van der Waals surface area contributed by atoms with Gasteiger partial charge in [-0.15, -0.1) is 0 Å². The molecule has 1 aliphatic carbocycles. The number of fused-ring (bicyclic) bond motifs is 4. The highest BCUT2D eigenvalue weighted by Crippen LogP contribution is 2.40. The lowest BCUT2D eigenvalue weighted by atomic mass is 9.95. The van der Waals surface area contributed by atoms with Gasteiger partial charge in [-0.1, -0.05) is 69.2 Å². The third-order valence-corrected chi connectivity index (χ3v) is 6.92. The van der Waals surface area contributed by atoms with Crippen molar-refractivity contribution in [2.45, 2.75) is 51.4 Å². The summed E-state index contributed by atoms with van der Waals surface area (Å²) in [6.45, 7) is 4.42. The zero-order valence-electron chi connectivity index (χ0n) is 18.1. The predicted molar refractivity (Wildman–Crippen MR) is 128 cm³/mol. The van der Waals surface area contributed by atoms with Crippen molar-refractivity contribution in [2.75, 3.05) is 0 Å². The van der Waals surface area contributed by atoms with Crippen molar-refractivity contribution in [2.24, 2.45) is 0 Å². The monoisotopic (exact) mass is 406 g/mol. The maximum Gasteiger partial charge on any atom is 0.144 e. The number of furan rings is 1. The largest absolute Gasteiger partial charge is 0.455 e. The minimum atomic E-state index is 0.404. The molecule has 0 atom stereocenters. The van der Waals surface area contributed by atoms with Crippen molar-refractivity contribution in [3.63, 3.8) is 0 Å². The molecule has 31 heavy (non-hydrogen) atoms. The van der Waals surface area contributed by atoms with E-state index < -0.39 is 0 Å². The van der Waals surface area contributed by atoms with Crippen LogP contribution < -0.4 is 0 Å². The highest BCUT2D eigenvalue weighted by Gasteiger charge is 2.20. The Labute approximate surface area is 182 Å². The normalized spacial score (nSPS) is 15.1. The third kappa shape index (κ3) is 2.95. The standard InChI is InChI=1S/C28H26N2O/c1-17(2)20-9-5-10-21-22-11-6-12-24(28(22)31-27(20)21)26-23-14-13-19(18-7-3-4-8-18)15-25(23)29-16-30-26/h5-6,9-18H,3-4,7-8H2,1-2H3. The number of benzene rings is 3. The van der Waals surface area contributed by atoms with Crippen molar-refractivity contribution < 1.29 is 4.42 Å². The molecule has 2 aromatic heterocycles. The predicted octanol–water partition coefficient (Wildman–Crippen LogP) is 7.98.